The second-order valence-electron chi connectivity index (χ2n) is 5.87. The van der Waals surface area contributed by atoms with Crippen LogP contribution in [0.5, 0.6) is 0 Å². The zero-order chi connectivity index (χ0) is 20.4. The van der Waals surface area contributed by atoms with Gasteiger partial charge in [-0.3, -0.25) is 9.59 Å². The Labute approximate surface area is 164 Å². The van der Waals surface area contributed by atoms with Gasteiger partial charge in [-0.15, -0.1) is 0 Å². The van der Waals surface area contributed by atoms with Gasteiger partial charge in [0.25, 0.3) is 5.91 Å². The van der Waals surface area contributed by atoms with Crippen LogP contribution in [-0.4, -0.2) is 44.6 Å². The number of likely N-dealkylation sites (N-methyl/N-ethyl adjacent to an activating group) is 1. The first-order valence-corrected chi connectivity index (χ1v) is 8.94. The van der Waals surface area contributed by atoms with Crippen LogP contribution in [0.4, 0.5) is 0 Å². The van der Waals surface area contributed by atoms with E-state index in [-0.39, 0.29) is 19.1 Å². The lowest BCUT2D eigenvalue weighted by atomic mass is 9.86. The molecule has 2 N–H and O–H groups in total. The van der Waals surface area contributed by atoms with Crippen molar-refractivity contribution >= 4 is 17.8 Å². The van der Waals surface area contributed by atoms with Crippen LogP contribution >= 0.6 is 0 Å². The van der Waals surface area contributed by atoms with Crippen molar-refractivity contribution < 1.29 is 23.9 Å². The van der Waals surface area contributed by atoms with Crippen LogP contribution in [0.1, 0.15) is 18.1 Å². The van der Waals surface area contributed by atoms with Gasteiger partial charge in [-0.25, -0.2) is 4.79 Å². The summed E-state index contributed by atoms with van der Waals surface area (Å²) in [5.41, 5.74) is -0.309. The van der Waals surface area contributed by atoms with Crippen molar-refractivity contribution in [3.63, 3.8) is 0 Å². The predicted molar refractivity (Wildman–Crippen MR) is 103 cm³/mol. The molecule has 7 nitrogen and oxygen atoms in total. The second-order valence-corrected chi connectivity index (χ2v) is 5.87. The molecule has 2 aromatic carbocycles. The largest absolute Gasteiger partial charge is 0.453 e. The Bertz CT molecular complexity index is 753. The van der Waals surface area contributed by atoms with Crippen molar-refractivity contribution in [3.05, 3.63) is 71.8 Å². The standard InChI is InChI=1S/C21H24N2O5/c1-3-28-21(16-10-6-4-7-11-16,17-12-8-5-9-13-17)20(26)27-15-19(25)23-14-18(24)22-2/h4-13H,3,14-15H2,1-2H3,(H,22,24)(H,23,25). The van der Waals surface area contributed by atoms with Gasteiger partial charge in [0, 0.05) is 13.7 Å². The lowest BCUT2D eigenvalue weighted by Gasteiger charge is -2.32. The molecule has 0 heterocycles. The molecule has 7 heteroatoms. The van der Waals surface area contributed by atoms with Gasteiger partial charge in [0.1, 0.15) is 0 Å². The predicted octanol–water partition coefficient (Wildman–Crippen LogP) is 1.37. The first-order valence-electron chi connectivity index (χ1n) is 8.94. The van der Waals surface area contributed by atoms with E-state index in [0.29, 0.717) is 11.1 Å². The van der Waals surface area contributed by atoms with Crippen molar-refractivity contribution in [2.75, 3.05) is 26.8 Å². The van der Waals surface area contributed by atoms with E-state index in [9.17, 15) is 14.4 Å². The highest BCUT2D eigenvalue weighted by atomic mass is 16.6. The second kappa shape index (κ2) is 10.2. The van der Waals surface area contributed by atoms with Gasteiger partial charge in [0.05, 0.1) is 6.54 Å². The summed E-state index contributed by atoms with van der Waals surface area (Å²) in [6.07, 6.45) is 0. The Balaban J connectivity index is 2.27. The first kappa shape index (κ1) is 21.1. The molecule has 0 aromatic heterocycles. The molecule has 0 aliphatic heterocycles. The van der Waals surface area contributed by atoms with Crippen LogP contribution in [0.2, 0.25) is 0 Å². The summed E-state index contributed by atoms with van der Waals surface area (Å²) in [6.45, 7) is 1.32. The van der Waals surface area contributed by atoms with Crippen molar-refractivity contribution in [1.82, 2.24) is 10.6 Å². The number of amides is 2. The fourth-order valence-electron chi connectivity index (χ4n) is 2.74. The number of esters is 1. The molecule has 0 bridgehead atoms. The van der Waals surface area contributed by atoms with Crippen LogP contribution in [-0.2, 0) is 29.5 Å². The molecule has 148 valence electrons. The number of rotatable bonds is 9. The zero-order valence-electron chi connectivity index (χ0n) is 15.9. The van der Waals surface area contributed by atoms with Crippen molar-refractivity contribution in [2.45, 2.75) is 12.5 Å². The van der Waals surface area contributed by atoms with E-state index in [2.05, 4.69) is 10.6 Å². The normalized spacial score (nSPS) is 10.8. The summed E-state index contributed by atoms with van der Waals surface area (Å²) in [7, 11) is 1.46. The molecule has 0 unspecified atom stereocenters. The van der Waals surface area contributed by atoms with Gasteiger partial charge in [0.2, 0.25) is 11.5 Å². The highest BCUT2D eigenvalue weighted by Crippen LogP contribution is 2.35. The van der Waals surface area contributed by atoms with Crippen LogP contribution in [0, 0.1) is 0 Å². The van der Waals surface area contributed by atoms with Gasteiger partial charge in [0.15, 0.2) is 6.61 Å². The van der Waals surface area contributed by atoms with Crippen LogP contribution in [0.15, 0.2) is 60.7 Å². The number of ether oxygens (including phenoxy) is 2. The Kier molecular flexibility index (Phi) is 7.71. The molecule has 0 saturated heterocycles. The fraction of sp³-hybridized carbons (Fsp3) is 0.286. The molecule has 0 spiro atoms. The minimum atomic E-state index is -1.50. The third-order valence-electron chi connectivity index (χ3n) is 4.07. The fourth-order valence-corrected chi connectivity index (χ4v) is 2.74. The number of carbonyl (C=O) groups excluding carboxylic acids is 3. The minimum Gasteiger partial charge on any atom is -0.453 e. The van der Waals surface area contributed by atoms with Crippen molar-refractivity contribution in [1.29, 1.82) is 0 Å². The molecule has 0 atom stereocenters. The zero-order valence-corrected chi connectivity index (χ0v) is 15.9. The summed E-state index contributed by atoms with van der Waals surface area (Å²) >= 11 is 0. The van der Waals surface area contributed by atoms with E-state index < -0.39 is 24.1 Å². The Morgan fingerprint density at radius 2 is 1.43 bits per heavy atom. The molecule has 0 saturated carbocycles. The SMILES string of the molecule is CCOC(C(=O)OCC(=O)NCC(=O)NC)(c1ccccc1)c1ccccc1. The van der Waals surface area contributed by atoms with Gasteiger partial charge in [-0.1, -0.05) is 60.7 Å². The molecule has 0 aliphatic rings. The molecule has 2 aromatic rings. The smallest absolute Gasteiger partial charge is 0.348 e. The number of hydrogen-bond donors (Lipinski definition) is 2. The number of nitrogens with one attached hydrogen (secondary N) is 2. The maximum Gasteiger partial charge on any atom is 0.348 e. The van der Waals surface area contributed by atoms with Gasteiger partial charge in [-0.05, 0) is 18.1 Å². The molecule has 2 amide bonds. The van der Waals surface area contributed by atoms with E-state index in [4.69, 9.17) is 9.47 Å². The minimum absolute atomic E-state index is 0.194. The Morgan fingerprint density at radius 1 is 0.893 bits per heavy atom. The average molecular weight is 384 g/mol. The lowest BCUT2D eigenvalue weighted by Crippen LogP contribution is -2.43. The van der Waals surface area contributed by atoms with Crippen LogP contribution in [0.3, 0.4) is 0 Å². The van der Waals surface area contributed by atoms with Gasteiger partial charge >= 0.3 is 5.97 Å². The van der Waals surface area contributed by atoms with Gasteiger partial charge in [-0.2, -0.15) is 0 Å². The van der Waals surface area contributed by atoms with Crippen molar-refractivity contribution in [3.8, 4) is 0 Å². The number of carbonyl (C=O) groups is 3. The number of benzene rings is 2. The van der Waals surface area contributed by atoms with Gasteiger partial charge < -0.3 is 20.1 Å². The highest BCUT2D eigenvalue weighted by Gasteiger charge is 2.45. The van der Waals surface area contributed by atoms with E-state index in [1.807, 2.05) is 12.1 Å². The molecule has 0 fully saturated rings. The van der Waals surface area contributed by atoms with Crippen LogP contribution in [0.25, 0.3) is 0 Å². The summed E-state index contributed by atoms with van der Waals surface area (Å²) in [4.78, 5) is 36.3. The summed E-state index contributed by atoms with van der Waals surface area (Å²) in [5.74, 6) is -1.64. The third kappa shape index (κ3) is 4.95. The van der Waals surface area contributed by atoms with Crippen molar-refractivity contribution in [2.24, 2.45) is 0 Å². The van der Waals surface area contributed by atoms with E-state index >= 15 is 0 Å². The topological polar surface area (TPSA) is 93.7 Å². The highest BCUT2D eigenvalue weighted by molar-refractivity contribution is 5.89. The molecule has 28 heavy (non-hydrogen) atoms. The van der Waals surface area contributed by atoms with E-state index in [0.717, 1.165) is 0 Å². The molecule has 2 rings (SSSR count). The Morgan fingerprint density at radius 3 is 1.89 bits per heavy atom. The van der Waals surface area contributed by atoms with Crippen LogP contribution < -0.4 is 10.6 Å². The lowest BCUT2D eigenvalue weighted by molar-refractivity contribution is -0.170. The average Bonchev–Trinajstić information content (AvgIpc) is 2.75. The first-order chi connectivity index (χ1) is 13.5. The Hall–Kier alpha value is -3.19. The quantitative estimate of drug-likeness (QED) is 0.637. The monoisotopic (exact) mass is 384 g/mol. The third-order valence-corrected chi connectivity index (χ3v) is 4.07. The summed E-state index contributed by atoms with van der Waals surface area (Å²) in [5, 5.41) is 4.77. The van der Waals surface area contributed by atoms with E-state index in [1.165, 1.54) is 7.05 Å². The van der Waals surface area contributed by atoms with E-state index in [1.54, 1.807) is 55.5 Å². The molecule has 0 radical (unpaired) electrons. The summed E-state index contributed by atoms with van der Waals surface area (Å²) < 4.78 is 11.2. The maximum atomic E-state index is 13.1. The molecular weight excluding hydrogens is 360 g/mol. The number of hydrogen-bond acceptors (Lipinski definition) is 5. The summed E-state index contributed by atoms with van der Waals surface area (Å²) in [6, 6.07) is 18.0. The molecular formula is C21H24N2O5. The maximum absolute atomic E-state index is 13.1. The molecule has 0 aliphatic carbocycles.